The molecule has 0 amide bonds. The zero-order chi connectivity index (χ0) is 11.5. The standard InChI is InChI=1S/C13H24O2/c1-4-6-8-10-12(3)13(14)15-11-9-7-5-2/h3-11H2,1-2H3. The van der Waals surface area contributed by atoms with Gasteiger partial charge in [0.1, 0.15) is 0 Å². The molecule has 88 valence electrons. The zero-order valence-corrected chi connectivity index (χ0v) is 10.2. The second kappa shape index (κ2) is 9.75. The van der Waals surface area contributed by atoms with Crippen molar-refractivity contribution in [2.45, 2.75) is 58.8 Å². The topological polar surface area (TPSA) is 26.3 Å². The van der Waals surface area contributed by atoms with E-state index in [4.69, 9.17) is 4.74 Å². The van der Waals surface area contributed by atoms with Crippen molar-refractivity contribution in [1.82, 2.24) is 0 Å². The summed E-state index contributed by atoms with van der Waals surface area (Å²) in [6.45, 7) is 8.57. The number of ether oxygens (including phenoxy) is 1. The first-order valence-corrected chi connectivity index (χ1v) is 6.07. The SMILES string of the molecule is C=C(CCCCC)C(=O)OCCCCC. The molecule has 0 heterocycles. The van der Waals surface area contributed by atoms with Gasteiger partial charge in [0.15, 0.2) is 0 Å². The fraction of sp³-hybridized carbons (Fsp3) is 0.769. The van der Waals surface area contributed by atoms with Crippen LogP contribution in [0.4, 0.5) is 0 Å². The molecule has 0 spiro atoms. The van der Waals surface area contributed by atoms with Gasteiger partial charge in [-0.05, 0) is 19.3 Å². The van der Waals surface area contributed by atoms with Crippen LogP contribution in [0.15, 0.2) is 12.2 Å². The van der Waals surface area contributed by atoms with Crippen molar-refractivity contribution in [1.29, 1.82) is 0 Å². The Kier molecular flexibility index (Phi) is 9.24. The number of carbonyl (C=O) groups is 1. The molecule has 2 heteroatoms. The lowest BCUT2D eigenvalue weighted by Crippen LogP contribution is -2.08. The molecular formula is C13H24O2. The first-order valence-electron chi connectivity index (χ1n) is 6.07. The van der Waals surface area contributed by atoms with Crippen LogP contribution in [0.1, 0.15) is 58.8 Å². The van der Waals surface area contributed by atoms with E-state index in [0.717, 1.165) is 38.5 Å². The lowest BCUT2D eigenvalue weighted by molar-refractivity contribution is -0.139. The molecule has 0 saturated carbocycles. The number of rotatable bonds is 9. The summed E-state index contributed by atoms with van der Waals surface area (Å²) in [5.74, 6) is -0.206. The van der Waals surface area contributed by atoms with Crippen molar-refractivity contribution in [3.8, 4) is 0 Å². The summed E-state index contributed by atoms with van der Waals surface area (Å²) in [6, 6.07) is 0. The van der Waals surface area contributed by atoms with Crippen LogP contribution in [0.2, 0.25) is 0 Å². The van der Waals surface area contributed by atoms with Gasteiger partial charge < -0.3 is 4.74 Å². The highest BCUT2D eigenvalue weighted by Gasteiger charge is 2.07. The number of carbonyl (C=O) groups excluding carboxylic acids is 1. The second-order valence-electron chi connectivity index (χ2n) is 3.90. The van der Waals surface area contributed by atoms with Crippen LogP contribution in [0.5, 0.6) is 0 Å². The largest absolute Gasteiger partial charge is 0.462 e. The summed E-state index contributed by atoms with van der Waals surface area (Å²) < 4.78 is 5.10. The van der Waals surface area contributed by atoms with Gasteiger partial charge in [0.05, 0.1) is 6.61 Å². The van der Waals surface area contributed by atoms with E-state index in [1.54, 1.807) is 0 Å². The minimum absolute atomic E-state index is 0.206. The molecule has 0 bridgehead atoms. The Labute approximate surface area is 93.7 Å². The average molecular weight is 212 g/mol. The van der Waals surface area contributed by atoms with E-state index in [2.05, 4.69) is 20.4 Å². The summed E-state index contributed by atoms with van der Waals surface area (Å²) in [6.07, 6.45) is 7.37. The van der Waals surface area contributed by atoms with Gasteiger partial charge >= 0.3 is 5.97 Å². The van der Waals surface area contributed by atoms with Gasteiger partial charge in [0, 0.05) is 5.57 Å². The van der Waals surface area contributed by atoms with E-state index in [-0.39, 0.29) is 5.97 Å². The molecule has 0 rings (SSSR count). The number of esters is 1. The third-order valence-corrected chi connectivity index (χ3v) is 2.35. The van der Waals surface area contributed by atoms with Gasteiger partial charge in [-0.3, -0.25) is 0 Å². The first kappa shape index (κ1) is 14.2. The van der Waals surface area contributed by atoms with E-state index < -0.39 is 0 Å². The quantitative estimate of drug-likeness (QED) is 0.329. The fourth-order valence-corrected chi connectivity index (χ4v) is 1.31. The molecule has 0 aromatic rings. The van der Waals surface area contributed by atoms with Gasteiger partial charge in [-0.25, -0.2) is 4.79 Å². The minimum atomic E-state index is -0.206. The van der Waals surface area contributed by atoms with E-state index in [9.17, 15) is 4.79 Å². The summed E-state index contributed by atoms with van der Waals surface area (Å²) in [5.41, 5.74) is 0.625. The normalized spacial score (nSPS) is 10.0. The van der Waals surface area contributed by atoms with Crippen molar-refractivity contribution in [3.05, 3.63) is 12.2 Å². The molecule has 0 saturated heterocycles. The smallest absolute Gasteiger partial charge is 0.333 e. The van der Waals surface area contributed by atoms with Crippen LogP contribution in [0.3, 0.4) is 0 Å². The van der Waals surface area contributed by atoms with Crippen LogP contribution in [0, 0.1) is 0 Å². The molecule has 0 N–H and O–H groups in total. The minimum Gasteiger partial charge on any atom is -0.462 e. The number of hydrogen-bond donors (Lipinski definition) is 0. The molecule has 0 unspecified atom stereocenters. The van der Waals surface area contributed by atoms with Crippen LogP contribution < -0.4 is 0 Å². The molecule has 15 heavy (non-hydrogen) atoms. The van der Waals surface area contributed by atoms with E-state index in [0.29, 0.717) is 12.2 Å². The van der Waals surface area contributed by atoms with Gasteiger partial charge in [-0.15, -0.1) is 0 Å². The van der Waals surface area contributed by atoms with Crippen molar-refractivity contribution >= 4 is 5.97 Å². The Morgan fingerprint density at radius 2 is 1.67 bits per heavy atom. The maximum Gasteiger partial charge on any atom is 0.333 e. The van der Waals surface area contributed by atoms with Crippen LogP contribution in [-0.2, 0) is 9.53 Å². The van der Waals surface area contributed by atoms with E-state index in [1.807, 2.05) is 0 Å². The summed E-state index contributed by atoms with van der Waals surface area (Å²) >= 11 is 0. The summed E-state index contributed by atoms with van der Waals surface area (Å²) in [7, 11) is 0. The maximum absolute atomic E-state index is 11.4. The van der Waals surface area contributed by atoms with Crippen molar-refractivity contribution in [2.75, 3.05) is 6.61 Å². The molecule has 0 fully saturated rings. The molecule has 0 aliphatic heterocycles. The van der Waals surface area contributed by atoms with Crippen molar-refractivity contribution in [3.63, 3.8) is 0 Å². The Balaban J connectivity index is 3.47. The van der Waals surface area contributed by atoms with Gasteiger partial charge in [-0.2, -0.15) is 0 Å². The predicted octanol–water partition coefficient (Wildman–Crippen LogP) is 3.86. The first-order chi connectivity index (χ1) is 7.22. The van der Waals surface area contributed by atoms with Gasteiger partial charge in [0.2, 0.25) is 0 Å². The number of hydrogen-bond acceptors (Lipinski definition) is 2. The molecule has 0 aliphatic rings. The molecule has 0 aliphatic carbocycles. The van der Waals surface area contributed by atoms with Gasteiger partial charge in [0.25, 0.3) is 0 Å². The van der Waals surface area contributed by atoms with Crippen LogP contribution in [0.25, 0.3) is 0 Å². The predicted molar refractivity (Wildman–Crippen MR) is 63.8 cm³/mol. The van der Waals surface area contributed by atoms with Crippen molar-refractivity contribution in [2.24, 2.45) is 0 Å². The molecule has 0 aromatic carbocycles. The van der Waals surface area contributed by atoms with Crippen LogP contribution >= 0.6 is 0 Å². The van der Waals surface area contributed by atoms with Gasteiger partial charge in [-0.1, -0.05) is 46.1 Å². The highest BCUT2D eigenvalue weighted by Crippen LogP contribution is 2.09. The molecule has 0 atom stereocenters. The van der Waals surface area contributed by atoms with E-state index in [1.165, 1.54) is 6.42 Å². The summed E-state index contributed by atoms with van der Waals surface area (Å²) in [4.78, 5) is 11.4. The summed E-state index contributed by atoms with van der Waals surface area (Å²) in [5, 5.41) is 0. The molecule has 2 nitrogen and oxygen atoms in total. The highest BCUT2D eigenvalue weighted by molar-refractivity contribution is 5.87. The fourth-order valence-electron chi connectivity index (χ4n) is 1.31. The third kappa shape index (κ3) is 8.22. The lowest BCUT2D eigenvalue weighted by Gasteiger charge is -2.06. The Morgan fingerprint density at radius 1 is 1.07 bits per heavy atom. The molecule has 0 radical (unpaired) electrons. The highest BCUT2D eigenvalue weighted by atomic mass is 16.5. The van der Waals surface area contributed by atoms with Crippen LogP contribution in [-0.4, -0.2) is 12.6 Å². The Hall–Kier alpha value is -0.790. The van der Waals surface area contributed by atoms with Crippen molar-refractivity contribution < 1.29 is 9.53 Å². The Morgan fingerprint density at radius 3 is 2.27 bits per heavy atom. The van der Waals surface area contributed by atoms with E-state index >= 15 is 0 Å². The monoisotopic (exact) mass is 212 g/mol. The second-order valence-corrected chi connectivity index (χ2v) is 3.90. The lowest BCUT2D eigenvalue weighted by atomic mass is 10.1. The Bertz CT molecular complexity index is 185. The zero-order valence-electron chi connectivity index (χ0n) is 10.2. The third-order valence-electron chi connectivity index (χ3n) is 2.35. The molecular weight excluding hydrogens is 188 g/mol. The molecule has 0 aromatic heterocycles. The number of unbranched alkanes of at least 4 members (excludes halogenated alkanes) is 4. The average Bonchev–Trinajstić information content (AvgIpc) is 2.24. The maximum atomic E-state index is 11.4.